The average molecular weight is 269 g/mol. The predicted molar refractivity (Wildman–Crippen MR) is 80.7 cm³/mol. The van der Waals surface area contributed by atoms with Gasteiger partial charge < -0.3 is 10.1 Å². The fourth-order valence-corrected chi connectivity index (χ4v) is 2.84. The summed E-state index contributed by atoms with van der Waals surface area (Å²) in [6, 6.07) is 14.6. The quantitative estimate of drug-likeness (QED) is 0.862. The number of ether oxygens (including phenoxy) is 1. The molecule has 0 amide bonds. The van der Waals surface area contributed by atoms with Crippen LogP contribution >= 0.6 is 0 Å². The van der Waals surface area contributed by atoms with Gasteiger partial charge in [0.25, 0.3) is 0 Å². The van der Waals surface area contributed by atoms with E-state index in [4.69, 9.17) is 4.74 Å². The molecule has 1 fully saturated rings. The van der Waals surface area contributed by atoms with Crippen molar-refractivity contribution in [1.82, 2.24) is 0 Å². The number of benzene rings is 2. The fourth-order valence-electron chi connectivity index (χ4n) is 2.84. The Bertz CT molecular complexity index is 632. The monoisotopic (exact) mass is 269 g/mol. The second-order valence-electron chi connectivity index (χ2n) is 5.54. The molecule has 0 atom stereocenters. The number of methoxy groups -OCH3 is 1. The van der Waals surface area contributed by atoms with Gasteiger partial charge in [-0.3, -0.25) is 4.79 Å². The molecule has 3 heteroatoms. The van der Waals surface area contributed by atoms with Crippen LogP contribution in [-0.2, 0) is 9.53 Å². The van der Waals surface area contributed by atoms with Crippen molar-refractivity contribution in [2.75, 3.05) is 19.0 Å². The molecule has 20 heavy (non-hydrogen) atoms. The molecule has 3 rings (SSSR count). The van der Waals surface area contributed by atoms with Gasteiger partial charge in [0.2, 0.25) is 0 Å². The van der Waals surface area contributed by atoms with Gasteiger partial charge in [-0.15, -0.1) is 0 Å². The first-order valence-electron chi connectivity index (χ1n) is 7.05. The lowest BCUT2D eigenvalue weighted by Gasteiger charge is -2.39. The average Bonchev–Trinajstić information content (AvgIpc) is 2.45. The highest BCUT2D eigenvalue weighted by Gasteiger charge is 2.45. The van der Waals surface area contributed by atoms with Crippen molar-refractivity contribution in [3.63, 3.8) is 0 Å². The van der Waals surface area contributed by atoms with Crippen LogP contribution in [0.1, 0.15) is 19.3 Å². The van der Waals surface area contributed by atoms with Gasteiger partial charge in [-0.05, 0) is 35.7 Å². The Hall–Kier alpha value is -2.03. The number of esters is 1. The van der Waals surface area contributed by atoms with Crippen LogP contribution in [0, 0.1) is 5.41 Å². The van der Waals surface area contributed by atoms with Gasteiger partial charge in [-0.25, -0.2) is 0 Å². The fraction of sp³-hybridized carbons (Fsp3) is 0.353. The van der Waals surface area contributed by atoms with Gasteiger partial charge in [0.15, 0.2) is 0 Å². The molecule has 1 saturated carbocycles. The van der Waals surface area contributed by atoms with Gasteiger partial charge in [0.1, 0.15) is 0 Å². The van der Waals surface area contributed by atoms with Crippen LogP contribution in [-0.4, -0.2) is 19.6 Å². The highest BCUT2D eigenvalue weighted by molar-refractivity contribution is 5.86. The molecule has 3 nitrogen and oxygen atoms in total. The molecule has 0 aromatic heterocycles. The lowest BCUT2D eigenvalue weighted by molar-refractivity contribution is -0.157. The van der Waals surface area contributed by atoms with E-state index in [1.54, 1.807) is 0 Å². The highest BCUT2D eigenvalue weighted by Crippen LogP contribution is 2.42. The molecular weight excluding hydrogens is 250 g/mol. The Morgan fingerprint density at radius 3 is 2.60 bits per heavy atom. The minimum atomic E-state index is -0.319. The smallest absolute Gasteiger partial charge is 0.313 e. The number of carbonyl (C=O) groups is 1. The summed E-state index contributed by atoms with van der Waals surface area (Å²) < 4.78 is 4.94. The lowest BCUT2D eigenvalue weighted by Crippen LogP contribution is -2.44. The summed E-state index contributed by atoms with van der Waals surface area (Å²) in [7, 11) is 1.47. The van der Waals surface area contributed by atoms with Gasteiger partial charge in [-0.2, -0.15) is 0 Å². The number of rotatable bonds is 4. The van der Waals surface area contributed by atoms with E-state index in [9.17, 15) is 4.79 Å². The molecule has 0 radical (unpaired) electrons. The molecule has 0 unspecified atom stereocenters. The summed E-state index contributed by atoms with van der Waals surface area (Å²) in [5.74, 6) is -0.0861. The van der Waals surface area contributed by atoms with Crippen molar-refractivity contribution in [2.24, 2.45) is 5.41 Å². The van der Waals surface area contributed by atoms with Crippen LogP contribution in [0.15, 0.2) is 42.5 Å². The van der Waals surface area contributed by atoms with Crippen molar-refractivity contribution in [2.45, 2.75) is 19.3 Å². The van der Waals surface area contributed by atoms with Crippen molar-refractivity contribution in [3.8, 4) is 0 Å². The second-order valence-corrected chi connectivity index (χ2v) is 5.54. The van der Waals surface area contributed by atoms with E-state index in [1.807, 2.05) is 12.1 Å². The molecule has 104 valence electrons. The summed E-state index contributed by atoms with van der Waals surface area (Å²) in [5, 5.41) is 5.83. The molecule has 0 heterocycles. The van der Waals surface area contributed by atoms with E-state index in [1.165, 1.54) is 17.9 Å². The third-order valence-electron chi connectivity index (χ3n) is 4.31. The molecule has 2 aromatic rings. The molecule has 1 N–H and O–H groups in total. The van der Waals surface area contributed by atoms with Crippen LogP contribution in [0.25, 0.3) is 10.8 Å². The summed E-state index contributed by atoms with van der Waals surface area (Å²) >= 11 is 0. The Kier molecular flexibility index (Phi) is 3.35. The van der Waals surface area contributed by atoms with E-state index >= 15 is 0 Å². The van der Waals surface area contributed by atoms with E-state index in [0.29, 0.717) is 6.54 Å². The first kappa shape index (κ1) is 13.0. The number of hydrogen-bond acceptors (Lipinski definition) is 3. The van der Waals surface area contributed by atoms with Crippen molar-refractivity contribution >= 4 is 22.4 Å². The van der Waals surface area contributed by atoms with E-state index in [0.717, 1.165) is 24.9 Å². The minimum absolute atomic E-state index is 0.0861. The van der Waals surface area contributed by atoms with Gasteiger partial charge in [-0.1, -0.05) is 36.8 Å². The van der Waals surface area contributed by atoms with Gasteiger partial charge >= 0.3 is 5.97 Å². The van der Waals surface area contributed by atoms with Crippen LogP contribution in [0.4, 0.5) is 5.69 Å². The standard InChI is InChI=1S/C17H19NO2/c1-20-16(19)17(9-4-10-17)12-18-15-8-7-13-5-2-3-6-14(13)11-15/h2-3,5-8,11,18H,4,9-10,12H2,1H3. The Balaban J connectivity index is 1.75. The predicted octanol–water partition coefficient (Wildman–Crippen LogP) is 3.60. The number of carbonyl (C=O) groups excluding carboxylic acids is 1. The summed E-state index contributed by atoms with van der Waals surface area (Å²) in [5.41, 5.74) is 0.735. The SMILES string of the molecule is COC(=O)C1(CNc2ccc3ccccc3c2)CCC1. The highest BCUT2D eigenvalue weighted by atomic mass is 16.5. The molecule has 2 aromatic carbocycles. The topological polar surface area (TPSA) is 38.3 Å². The maximum absolute atomic E-state index is 11.9. The first-order chi connectivity index (χ1) is 9.73. The minimum Gasteiger partial charge on any atom is -0.469 e. The molecule has 0 aliphatic heterocycles. The second kappa shape index (κ2) is 5.16. The molecule has 1 aliphatic rings. The van der Waals surface area contributed by atoms with Crippen LogP contribution in [0.2, 0.25) is 0 Å². The third-order valence-corrected chi connectivity index (χ3v) is 4.31. The number of anilines is 1. The van der Waals surface area contributed by atoms with Crippen molar-refractivity contribution < 1.29 is 9.53 Å². The largest absolute Gasteiger partial charge is 0.469 e. The van der Waals surface area contributed by atoms with E-state index in [-0.39, 0.29) is 11.4 Å². The van der Waals surface area contributed by atoms with Gasteiger partial charge in [0, 0.05) is 12.2 Å². The Labute approximate surface area is 118 Å². The Morgan fingerprint density at radius 1 is 1.20 bits per heavy atom. The summed E-state index contributed by atoms with van der Waals surface area (Å²) in [6.07, 6.45) is 2.94. The van der Waals surface area contributed by atoms with E-state index < -0.39 is 0 Å². The number of fused-ring (bicyclic) bond motifs is 1. The number of nitrogens with one attached hydrogen (secondary N) is 1. The van der Waals surface area contributed by atoms with Crippen LogP contribution in [0.3, 0.4) is 0 Å². The summed E-state index contributed by atoms with van der Waals surface area (Å²) in [6.45, 7) is 0.651. The molecular formula is C17H19NO2. The molecule has 0 saturated heterocycles. The zero-order valence-corrected chi connectivity index (χ0v) is 11.7. The van der Waals surface area contributed by atoms with Crippen molar-refractivity contribution in [1.29, 1.82) is 0 Å². The van der Waals surface area contributed by atoms with Crippen molar-refractivity contribution in [3.05, 3.63) is 42.5 Å². The van der Waals surface area contributed by atoms with E-state index in [2.05, 4.69) is 35.6 Å². The number of hydrogen-bond donors (Lipinski definition) is 1. The van der Waals surface area contributed by atoms with Gasteiger partial charge in [0.05, 0.1) is 12.5 Å². The Morgan fingerprint density at radius 2 is 1.95 bits per heavy atom. The van der Waals surface area contributed by atoms with Crippen LogP contribution in [0.5, 0.6) is 0 Å². The zero-order chi connectivity index (χ0) is 14.0. The maximum Gasteiger partial charge on any atom is 0.313 e. The normalized spacial score (nSPS) is 16.4. The molecule has 1 aliphatic carbocycles. The lowest BCUT2D eigenvalue weighted by atomic mass is 9.68. The molecule has 0 bridgehead atoms. The van der Waals surface area contributed by atoms with Crippen LogP contribution < -0.4 is 5.32 Å². The maximum atomic E-state index is 11.9. The zero-order valence-electron chi connectivity index (χ0n) is 11.7. The molecule has 0 spiro atoms. The first-order valence-corrected chi connectivity index (χ1v) is 7.05. The third kappa shape index (κ3) is 2.24. The summed E-state index contributed by atoms with van der Waals surface area (Å²) in [4.78, 5) is 11.9.